The van der Waals surface area contributed by atoms with Crippen molar-refractivity contribution in [1.82, 2.24) is 24.8 Å². The molecule has 1 saturated carbocycles. The fourth-order valence-electron chi connectivity index (χ4n) is 2.69. The average Bonchev–Trinajstić information content (AvgIpc) is 3.10. The first-order chi connectivity index (χ1) is 10.7. The number of carbonyl (C=O) groups excluding carboxylic acids is 1. The van der Waals surface area contributed by atoms with Crippen molar-refractivity contribution in [3.05, 3.63) is 31.4 Å². The van der Waals surface area contributed by atoms with Crippen molar-refractivity contribution in [1.29, 1.82) is 0 Å². The van der Waals surface area contributed by atoms with E-state index in [1.54, 1.807) is 12.5 Å². The number of aromatic nitrogens is 4. The molecular weight excluding hydrogens is 278 g/mol. The van der Waals surface area contributed by atoms with Crippen molar-refractivity contribution >= 4 is 33.7 Å². The van der Waals surface area contributed by atoms with Gasteiger partial charge >= 0.3 is 0 Å². The monoisotopic (exact) mass is 295 g/mol. The van der Waals surface area contributed by atoms with Crippen LogP contribution in [-0.4, -0.2) is 32.0 Å². The Hall–Kier alpha value is -2.63. The lowest BCUT2D eigenvalue weighted by Crippen LogP contribution is -2.26. The molecule has 0 saturated heterocycles. The second-order valence-electron chi connectivity index (χ2n) is 5.73. The topological polar surface area (TPSA) is 75.6 Å². The minimum Gasteiger partial charge on any atom is -0.355 e. The molecule has 0 unspecified atom stereocenters. The summed E-state index contributed by atoms with van der Waals surface area (Å²) in [5.41, 5.74) is 3.59. The van der Waals surface area contributed by atoms with Crippen LogP contribution in [0.3, 0.4) is 0 Å². The van der Waals surface area contributed by atoms with Crippen LogP contribution < -0.4 is 5.32 Å². The summed E-state index contributed by atoms with van der Waals surface area (Å²) in [4.78, 5) is 23.5. The van der Waals surface area contributed by atoms with Gasteiger partial charge in [0.1, 0.15) is 17.5 Å². The summed E-state index contributed by atoms with van der Waals surface area (Å²) in [6.45, 7) is 4.74. The van der Waals surface area contributed by atoms with Gasteiger partial charge in [-0.1, -0.05) is 6.58 Å². The molecular formula is C16H17N5O. The zero-order chi connectivity index (χ0) is 15.1. The summed E-state index contributed by atoms with van der Waals surface area (Å²) in [5, 5.41) is 3.99. The predicted molar refractivity (Wildman–Crippen MR) is 85.1 cm³/mol. The highest BCUT2D eigenvalue weighted by Crippen LogP contribution is 2.29. The van der Waals surface area contributed by atoms with Crippen LogP contribution in [0.4, 0.5) is 0 Å². The maximum absolute atomic E-state index is 11.7. The number of H-pyrrole nitrogens is 1. The van der Waals surface area contributed by atoms with E-state index in [-0.39, 0.29) is 11.8 Å². The molecule has 3 aromatic heterocycles. The zero-order valence-electron chi connectivity index (χ0n) is 12.2. The molecule has 6 heteroatoms. The lowest BCUT2D eigenvalue weighted by molar-refractivity contribution is -0.122. The second-order valence-corrected chi connectivity index (χ2v) is 5.73. The predicted octanol–water partition coefficient (Wildman–Crippen LogP) is 2.30. The summed E-state index contributed by atoms with van der Waals surface area (Å²) in [7, 11) is 0. The Kier molecular flexibility index (Phi) is 2.96. The summed E-state index contributed by atoms with van der Waals surface area (Å²) in [5.74, 6) is 0.411. The number of aromatic amines is 1. The van der Waals surface area contributed by atoms with E-state index in [1.165, 1.54) is 0 Å². The molecule has 1 aliphatic rings. The van der Waals surface area contributed by atoms with E-state index in [4.69, 9.17) is 0 Å². The number of pyridine rings is 1. The van der Waals surface area contributed by atoms with E-state index in [0.717, 1.165) is 40.6 Å². The van der Waals surface area contributed by atoms with Crippen molar-refractivity contribution < 1.29 is 4.79 Å². The first-order valence-electron chi connectivity index (χ1n) is 7.49. The third kappa shape index (κ3) is 2.16. The van der Waals surface area contributed by atoms with Crippen LogP contribution >= 0.6 is 0 Å². The van der Waals surface area contributed by atoms with Crippen LogP contribution in [-0.2, 0) is 4.79 Å². The van der Waals surface area contributed by atoms with Gasteiger partial charge in [0.15, 0.2) is 0 Å². The van der Waals surface area contributed by atoms with Gasteiger partial charge in [-0.25, -0.2) is 9.97 Å². The van der Waals surface area contributed by atoms with Crippen LogP contribution in [0.5, 0.6) is 0 Å². The van der Waals surface area contributed by atoms with Gasteiger partial charge in [-0.2, -0.15) is 0 Å². The van der Waals surface area contributed by atoms with Gasteiger partial charge in [-0.3, -0.25) is 4.79 Å². The largest absolute Gasteiger partial charge is 0.355 e. The van der Waals surface area contributed by atoms with Gasteiger partial charge in [-0.15, -0.1) is 0 Å². The van der Waals surface area contributed by atoms with E-state index in [9.17, 15) is 4.79 Å². The minimum absolute atomic E-state index is 0.167. The molecule has 0 aliphatic heterocycles. The number of fused-ring (bicyclic) bond motifs is 3. The lowest BCUT2D eigenvalue weighted by Gasteiger charge is -2.09. The van der Waals surface area contributed by atoms with Crippen molar-refractivity contribution in [2.75, 3.05) is 6.54 Å². The normalized spacial score (nSPS) is 14.5. The number of imidazole rings is 1. The number of hydrogen-bond acceptors (Lipinski definition) is 3. The molecule has 1 aliphatic carbocycles. The van der Waals surface area contributed by atoms with Crippen LogP contribution in [0.25, 0.3) is 27.8 Å². The minimum atomic E-state index is 0.167. The van der Waals surface area contributed by atoms with Crippen LogP contribution in [0.2, 0.25) is 0 Å². The summed E-state index contributed by atoms with van der Waals surface area (Å²) in [6.07, 6.45) is 8.14. The highest BCUT2D eigenvalue weighted by Gasteiger charge is 2.29. The molecule has 0 radical (unpaired) electrons. The average molecular weight is 295 g/mol. The van der Waals surface area contributed by atoms with E-state index in [2.05, 4.69) is 26.8 Å². The Balaban J connectivity index is 1.56. The smallest absolute Gasteiger partial charge is 0.223 e. The third-order valence-electron chi connectivity index (χ3n) is 4.09. The van der Waals surface area contributed by atoms with Gasteiger partial charge in [0, 0.05) is 36.2 Å². The fourth-order valence-corrected chi connectivity index (χ4v) is 2.69. The molecule has 112 valence electrons. The maximum atomic E-state index is 11.7. The first-order valence-corrected chi connectivity index (χ1v) is 7.49. The molecule has 2 N–H and O–H groups in total. The molecule has 0 atom stereocenters. The third-order valence-corrected chi connectivity index (χ3v) is 4.09. The second kappa shape index (κ2) is 4.98. The van der Waals surface area contributed by atoms with Crippen molar-refractivity contribution in [2.45, 2.75) is 19.3 Å². The van der Waals surface area contributed by atoms with E-state index in [1.807, 2.05) is 16.8 Å². The summed E-state index contributed by atoms with van der Waals surface area (Å²) in [6, 6.07) is 1.99. The first kappa shape index (κ1) is 13.1. The molecule has 1 amide bonds. The maximum Gasteiger partial charge on any atom is 0.223 e. The summed E-state index contributed by atoms with van der Waals surface area (Å²) < 4.78 is 1.98. The quantitative estimate of drug-likeness (QED) is 0.758. The number of rotatable bonds is 5. The van der Waals surface area contributed by atoms with E-state index in [0.29, 0.717) is 13.0 Å². The van der Waals surface area contributed by atoms with Crippen molar-refractivity contribution in [3.8, 4) is 0 Å². The number of hydrogen-bond donors (Lipinski definition) is 2. The fraction of sp³-hybridized carbons (Fsp3) is 0.312. The van der Waals surface area contributed by atoms with Crippen LogP contribution in [0.15, 0.2) is 31.4 Å². The van der Waals surface area contributed by atoms with Gasteiger partial charge in [-0.05, 0) is 18.9 Å². The molecule has 3 heterocycles. The molecule has 4 rings (SSSR count). The van der Waals surface area contributed by atoms with E-state index < -0.39 is 0 Å². The molecule has 6 nitrogen and oxygen atoms in total. The molecule has 0 bridgehead atoms. The molecule has 22 heavy (non-hydrogen) atoms. The highest BCUT2D eigenvalue weighted by molar-refractivity contribution is 6.02. The Morgan fingerprint density at radius 1 is 1.45 bits per heavy atom. The van der Waals surface area contributed by atoms with Crippen molar-refractivity contribution in [3.63, 3.8) is 0 Å². The Morgan fingerprint density at radius 2 is 2.32 bits per heavy atom. The highest BCUT2D eigenvalue weighted by atomic mass is 16.2. The Morgan fingerprint density at radius 3 is 3.14 bits per heavy atom. The SMILES string of the molecule is C=C(CCNC(=O)C1CC1)n1cnc2cnc3[nH]ccc3c21. The standard InChI is InChI=1S/C16H17N5O/c1-10(4-6-18-16(22)11-2-3-11)21-9-20-13-8-19-15-12(14(13)21)5-7-17-15/h5,7-9,11H,1-4,6H2,(H,17,19)(H,18,22). The van der Waals surface area contributed by atoms with Crippen LogP contribution in [0.1, 0.15) is 19.3 Å². The van der Waals surface area contributed by atoms with Crippen LogP contribution in [0, 0.1) is 5.92 Å². The number of carbonyl (C=O) groups is 1. The number of nitrogens with zero attached hydrogens (tertiary/aromatic N) is 3. The van der Waals surface area contributed by atoms with Gasteiger partial charge in [0.25, 0.3) is 0 Å². The molecule has 1 fully saturated rings. The zero-order valence-corrected chi connectivity index (χ0v) is 12.2. The molecule has 0 aromatic carbocycles. The summed E-state index contributed by atoms with van der Waals surface area (Å²) >= 11 is 0. The van der Waals surface area contributed by atoms with Crippen molar-refractivity contribution in [2.24, 2.45) is 5.92 Å². The molecule has 3 aromatic rings. The van der Waals surface area contributed by atoms with Gasteiger partial charge in [0.05, 0.1) is 11.7 Å². The van der Waals surface area contributed by atoms with Gasteiger partial charge in [0.2, 0.25) is 5.91 Å². The molecule has 0 spiro atoms. The number of amides is 1. The number of nitrogens with one attached hydrogen (secondary N) is 2. The Labute approximate surface area is 127 Å². The Bertz CT molecular complexity index is 871. The van der Waals surface area contributed by atoms with Gasteiger partial charge < -0.3 is 14.9 Å². The van der Waals surface area contributed by atoms with E-state index >= 15 is 0 Å². The lowest BCUT2D eigenvalue weighted by atomic mass is 10.2.